The molecule has 0 saturated heterocycles. The summed E-state index contributed by atoms with van der Waals surface area (Å²) in [6.45, 7) is 2.27. The number of nitrogens with zero attached hydrogens (tertiary/aromatic N) is 1. The van der Waals surface area contributed by atoms with Gasteiger partial charge >= 0.3 is 0 Å². The average molecular weight is 441 g/mol. The maximum absolute atomic E-state index is 12.7. The molecule has 5 nitrogen and oxygen atoms in total. The van der Waals surface area contributed by atoms with Gasteiger partial charge in [0, 0.05) is 23.1 Å². The Kier molecular flexibility index (Phi) is 8.66. The average Bonchev–Trinajstić information content (AvgIpc) is 2.66. The van der Waals surface area contributed by atoms with E-state index in [2.05, 4.69) is 17.4 Å². The largest absolute Gasteiger partial charge is 0.353 e. The first-order chi connectivity index (χ1) is 13.3. The number of carbonyl (C=O) groups is 1. The summed E-state index contributed by atoms with van der Waals surface area (Å²) in [4.78, 5) is 12.7. The van der Waals surface area contributed by atoms with Gasteiger partial charge in [-0.1, -0.05) is 48.9 Å². The second-order valence-electron chi connectivity index (χ2n) is 6.29. The summed E-state index contributed by atoms with van der Waals surface area (Å²) in [6, 6.07) is 15.7. The number of amides is 1. The summed E-state index contributed by atoms with van der Waals surface area (Å²) < 4.78 is 25.9. The van der Waals surface area contributed by atoms with Crippen LogP contribution in [0.4, 0.5) is 5.69 Å². The van der Waals surface area contributed by atoms with Crippen LogP contribution in [-0.4, -0.2) is 38.9 Å². The minimum atomic E-state index is -3.63. The quantitative estimate of drug-likeness (QED) is 0.568. The minimum Gasteiger partial charge on any atom is -0.353 e. The van der Waals surface area contributed by atoms with Crippen molar-refractivity contribution in [2.24, 2.45) is 0 Å². The molecule has 1 amide bonds. The van der Waals surface area contributed by atoms with Gasteiger partial charge < -0.3 is 5.32 Å². The molecule has 0 unspecified atom stereocenters. The number of rotatable bonds is 10. The Balaban J connectivity index is 1.96. The fraction of sp³-hybridized carbons (Fsp3) is 0.350. The van der Waals surface area contributed by atoms with Gasteiger partial charge in [-0.25, -0.2) is 8.42 Å². The first-order valence-electron chi connectivity index (χ1n) is 8.97. The van der Waals surface area contributed by atoms with Crippen LogP contribution in [0.15, 0.2) is 54.6 Å². The smallest absolute Gasteiger partial charge is 0.243 e. The van der Waals surface area contributed by atoms with E-state index in [1.807, 2.05) is 18.2 Å². The first-order valence-corrected chi connectivity index (χ1v) is 12.4. The van der Waals surface area contributed by atoms with Crippen molar-refractivity contribution in [3.8, 4) is 0 Å². The topological polar surface area (TPSA) is 66.5 Å². The molecule has 0 aliphatic carbocycles. The van der Waals surface area contributed by atoms with Crippen molar-refractivity contribution in [2.45, 2.75) is 25.1 Å². The molecule has 1 N–H and O–H groups in total. The zero-order valence-corrected chi connectivity index (χ0v) is 18.4. The van der Waals surface area contributed by atoms with Crippen molar-refractivity contribution in [1.29, 1.82) is 0 Å². The molecule has 0 aliphatic rings. The van der Waals surface area contributed by atoms with E-state index in [-0.39, 0.29) is 5.91 Å². The Morgan fingerprint density at radius 2 is 1.79 bits per heavy atom. The third-order valence-electron chi connectivity index (χ3n) is 4.07. The SMILES string of the molecule is CC[C@@H](C(=O)NCCSCc1ccccc1)N(c1ccc(Cl)cc1)S(C)(=O)=O. The van der Waals surface area contributed by atoms with Crippen LogP contribution in [0.5, 0.6) is 0 Å². The number of sulfonamides is 1. The summed E-state index contributed by atoms with van der Waals surface area (Å²) in [6.07, 6.45) is 1.46. The van der Waals surface area contributed by atoms with E-state index in [1.54, 1.807) is 43.0 Å². The molecule has 0 fully saturated rings. The van der Waals surface area contributed by atoms with Crippen LogP contribution in [0.1, 0.15) is 18.9 Å². The highest BCUT2D eigenvalue weighted by Gasteiger charge is 2.31. The molecule has 8 heteroatoms. The van der Waals surface area contributed by atoms with Crippen molar-refractivity contribution in [3.05, 3.63) is 65.2 Å². The summed E-state index contributed by atoms with van der Waals surface area (Å²) >= 11 is 7.62. The molecule has 2 aromatic carbocycles. The molecular formula is C20H25ClN2O3S2. The summed E-state index contributed by atoms with van der Waals surface area (Å²) in [5, 5.41) is 3.37. The first kappa shape index (κ1) is 22.6. The lowest BCUT2D eigenvalue weighted by atomic mass is 10.2. The molecule has 0 spiro atoms. The second kappa shape index (κ2) is 10.7. The monoisotopic (exact) mass is 440 g/mol. The van der Waals surface area contributed by atoms with Crippen LogP contribution in [0.3, 0.4) is 0 Å². The molecule has 152 valence electrons. The molecule has 0 heterocycles. The highest BCUT2D eigenvalue weighted by Crippen LogP contribution is 2.24. The number of halogens is 1. The third kappa shape index (κ3) is 6.72. The number of carbonyl (C=O) groups excluding carboxylic acids is 1. The van der Waals surface area contributed by atoms with Crippen LogP contribution in [0.25, 0.3) is 0 Å². The molecule has 0 saturated carbocycles. The molecule has 2 aromatic rings. The lowest BCUT2D eigenvalue weighted by Gasteiger charge is -2.30. The normalized spacial score (nSPS) is 12.4. The van der Waals surface area contributed by atoms with Crippen molar-refractivity contribution in [3.63, 3.8) is 0 Å². The summed E-state index contributed by atoms with van der Waals surface area (Å²) in [5.74, 6) is 1.31. The van der Waals surface area contributed by atoms with E-state index in [0.717, 1.165) is 22.1 Å². The predicted molar refractivity (Wildman–Crippen MR) is 118 cm³/mol. The number of hydrogen-bond donors (Lipinski definition) is 1. The number of anilines is 1. The van der Waals surface area contributed by atoms with Crippen molar-refractivity contribution >= 4 is 45.0 Å². The van der Waals surface area contributed by atoms with Gasteiger partial charge in [0.25, 0.3) is 0 Å². The maximum atomic E-state index is 12.7. The van der Waals surface area contributed by atoms with Crippen molar-refractivity contribution in [2.75, 3.05) is 22.9 Å². The van der Waals surface area contributed by atoms with Gasteiger partial charge in [-0.2, -0.15) is 11.8 Å². The van der Waals surface area contributed by atoms with Gasteiger partial charge in [-0.3, -0.25) is 9.10 Å². The summed E-state index contributed by atoms with van der Waals surface area (Å²) in [7, 11) is -3.63. The number of thioether (sulfide) groups is 1. The summed E-state index contributed by atoms with van der Waals surface area (Å²) in [5.41, 5.74) is 1.66. The Hall–Kier alpha value is -1.70. The zero-order chi connectivity index (χ0) is 20.6. The van der Waals surface area contributed by atoms with E-state index in [4.69, 9.17) is 11.6 Å². The van der Waals surface area contributed by atoms with Gasteiger partial charge in [-0.05, 0) is 36.2 Å². The van der Waals surface area contributed by atoms with Crippen LogP contribution in [-0.2, 0) is 20.6 Å². The number of hydrogen-bond acceptors (Lipinski definition) is 4. The van der Waals surface area contributed by atoms with Crippen LogP contribution in [0, 0.1) is 0 Å². The Labute approximate surface area is 176 Å². The van der Waals surface area contributed by atoms with Gasteiger partial charge in [0.05, 0.1) is 11.9 Å². The molecule has 28 heavy (non-hydrogen) atoms. The fourth-order valence-electron chi connectivity index (χ4n) is 2.78. The van der Waals surface area contributed by atoms with Crippen LogP contribution < -0.4 is 9.62 Å². The van der Waals surface area contributed by atoms with E-state index in [9.17, 15) is 13.2 Å². The molecule has 0 radical (unpaired) electrons. The third-order valence-corrected chi connectivity index (χ3v) is 6.53. The number of benzene rings is 2. The Morgan fingerprint density at radius 3 is 2.36 bits per heavy atom. The van der Waals surface area contributed by atoms with Gasteiger partial charge in [0.1, 0.15) is 6.04 Å². The van der Waals surface area contributed by atoms with Gasteiger partial charge in [0.2, 0.25) is 15.9 Å². The molecule has 1 atom stereocenters. The lowest BCUT2D eigenvalue weighted by molar-refractivity contribution is -0.122. The van der Waals surface area contributed by atoms with E-state index in [1.165, 1.54) is 5.56 Å². The highest BCUT2D eigenvalue weighted by atomic mass is 35.5. The maximum Gasteiger partial charge on any atom is 0.243 e. The van der Waals surface area contributed by atoms with Crippen molar-refractivity contribution < 1.29 is 13.2 Å². The predicted octanol–water partition coefficient (Wildman–Crippen LogP) is 3.93. The second-order valence-corrected chi connectivity index (χ2v) is 9.69. The van der Waals surface area contributed by atoms with Gasteiger partial charge in [0.15, 0.2) is 0 Å². The molecular weight excluding hydrogens is 416 g/mol. The van der Waals surface area contributed by atoms with E-state index < -0.39 is 16.1 Å². The Morgan fingerprint density at radius 1 is 1.14 bits per heavy atom. The lowest BCUT2D eigenvalue weighted by Crippen LogP contribution is -2.49. The highest BCUT2D eigenvalue weighted by molar-refractivity contribution is 7.98. The van der Waals surface area contributed by atoms with E-state index >= 15 is 0 Å². The standard InChI is InChI=1S/C20H25ClN2O3S2/c1-3-19(23(28(2,25)26)18-11-9-17(21)10-12-18)20(24)22-13-14-27-15-16-7-5-4-6-8-16/h4-12,19H,3,13-15H2,1-2H3,(H,22,24)/t19-/m0/s1. The zero-order valence-electron chi connectivity index (χ0n) is 16.0. The van der Waals surface area contributed by atoms with Gasteiger partial charge in [-0.15, -0.1) is 0 Å². The number of nitrogens with one attached hydrogen (secondary N) is 1. The molecule has 0 aromatic heterocycles. The molecule has 0 bridgehead atoms. The van der Waals surface area contributed by atoms with Crippen LogP contribution in [0.2, 0.25) is 5.02 Å². The van der Waals surface area contributed by atoms with Crippen LogP contribution >= 0.6 is 23.4 Å². The molecule has 0 aliphatic heterocycles. The Bertz CT molecular complexity index is 859. The molecule has 2 rings (SSSR count). The van der Waals surface area contributed by atoms with E-state index in [0.29, 0.717) is 23.7 Å². The minimum absolute atomic E-state index is 0.303. The fourth-order valence-corrected chi connectivity index (χ4v) is 4.93. The van der Waals surface area contributed by atoms with Crippen molar-refractivity contribution in [1.82, 2.24) is 5.32 Å².